The number of nitrogens with one attached hydrogen (secondary N) is 1. The average molecular weight is 369 g/mol. The zero-order chi connectivity index (χ0) is 19.4. The zero-order valence-electron chi connectivity index (χ0n) is 15.9. The summed E-state index contributed by atoms with van der Waals surface area (Å²) < 4.78 is 1.36. The highest BCUT2D eigenvalue weighted by atomic mass is 16.3. The van der Waals surface area contributed by atoms with E-state index in [1.165, 1.54) is 4.57 Å². The molecule has 1 aromatic carbocycles. The third kappa shape index (κ3) is 4.04. The van der Waals surface area contributed by atoms with Gasteiger partial charge in [0.05, 0.1) is 11.8 Å². The van der Waals surface area contributed by atoms with Crippen molar-refractivity contribution in [2.24, 2.45) is 4.99 Å². The van der Waals surface area contributed by atoms with Gasteiger partial charge in [0, 0.05) is 6.04 Å². The van der Waals surface area contributed by atoms with Crippen molar-refractivity contribution in [3.63, 3.8) is 0 Å². The molecule has 3 rings (SSSR count). The lowest BCUT2D eigenvalue weighted by Crippen LogP contribution is -2.36. The second-order valence-electron chi connectivity index (χ2n) is 7.14. The fourth-order valence-corrected chi connectivity index (χ4v) is 3.85. The van der Waals surface area contributed by atoms with Gasteiger partial charge in [0.1, 0.15) is 5.56 Å². The molecule has 144 valence electrons. The molecule has 0 bridgehead atoms. The number of hydrogen-bond donors (Lipinski definition) is 2. The quantitative estimate of drug-likeness (QED) is 0.788. The number of benzene rings is 1. The van der Waals surface area contributed by atoms with E-state index in [9.17, 15) is 14.7 Å². The highest BCUT2D eigenvalue weighted by molar-refractivity contribution is 6.02. The summed E-state index contributed by atoms with van der Waals surface area (Å²) >= 11 is 0. The molecule has 1 aliphatic carbocycles. The third-order valence-corrected chi connectivity index (χ3v) is 5.31. The second kappa shape index (κ2) is 8.37. The Morgan fingerprint density at radius 2 is 1.89 bits per heavy atom. The van der Waals surface area contributed by atoms with Crippen LogP contribution in [0.2, 0.25) is 0 Å². The molecule has 6 heteroatoms. The summed E-state index contributed by atoms with van der Waals surface area (Å²) in [7, 11) is 0. The van der Waals surface area contributed by atoms with Crippen LogP contribution in [0.4, 0.5) is 0 Å². The lowest BCUT2D eigenvalue weighted by Gasteiger charge is -2.25. The molecule has 2 aromatic rings. The minimum atomic E-state index is -0.578. The van der Waals surface area contributed by atoms with Gasteiger partial charge in [-0.2, -0.15) is 0 Å². The van der Waals surface area contributed by atoms with Crippen LogP contribution in [0, 0.1) is 0 Å². The van der Waals surface area contributed by atoms with Crippen molar-refractivity contribution in [3.8, 4) is 5.88 Å². The highest BCUT2D eigenvalue weighted by Gasteiger charge is 2.25. The molecule has 0 unspecified atom stereocenters. The molecule has 0 radical (unpaired) electrons. The number of aromatic amines is 1. The Hall–Kier alpha value is -2.63. The first-order valence-corrected chi connectivity index (χ1v) is 9.72. The summed E-state index contributed by atoms with van der Waals surface area (Å²) in [5.74, 6) is -0.253. The van der Waals surface area contributed by atoms with Gasteiger partial charge in [0.15, 0.2) is 0 Å². The Labute approximate surface area is 158 Å². The molecular weight excluding hydrogens is 342 g/mol. The molecule has 6 nitrogen and oxygen atoms in total. The average Bonchev–Trinajstić information content (AvgIpc) is 2.68. The summed E-state index contributed by atoms with van der Waals surface area (Å²) in [5.41, 5.74) is 0.533. The maximum Gasteiger partial charge on any atom is 0.331 e. The molecule has 2 N–H and O–H groups in total. The van der Waals surface area contributed by atoms with Crippen LogP contribution in [0.5, 0.6) is 5.88 Å². The zero-order valence-corrected chi connectivity index (χ0v) is 15.9. The first kappa shape index (κ1) is 19.1. The van der Waals surface area contributed by atoms with Crippen LogP contribution in [-0.2, 0) is 0 Å². The Kier molecular flexibility index (Phi) is 5.94. The van der Waals surface area contributed by atoms with Crippen molar-refractivity contribution in [3.05, 3.63) is 62.3 Å². The van der Waals surface area contributed by atoms with Crippen LogP contribution in [0.15, 0.2) is 44.9 Å². The molecule has 1 atom stereocenters. The Morgan fingerprint density at radius 3 is 2.52 bits per heavy atom. The lowest BCUT2D eigenvalue weighted by atomic mass is 9.95. The van der Waals surface area contributed by atoms with E-state index in [4.69, 9.17) is 4.99 Å². The number of hydrogen-bond acceptors (Lipinski definition) is 4. The molecule has 1 saturated carbocycles. The molecule has 27 heavy (non-hydrogen) atoms. The Bertz CT molecular complexity index is 922. The molecule has 0 spiro atoms. The number of aromatic hydroxyl groups is 1. The number of H-pyrrole nitrogens is 1. The van der Waals surface area contributed by atoms with Gasteiger partial charge < -0.3 is 5.11 Å². The van der Waals surface area contributed by atoms with Crippen LogP contribution in [0.25, 0.3) is 0 Å². The van der Waals surface area contributed by atoms with Gasteiger partial charge >= 0.3 is 5.69 Å². The molecule has 0 saturated heterocycles. The van der Waals surface area contributed by atoms with Crippen LogP contribution >= 0.6 is 0 Å². The van der Waals surface area contributed by atoms with Crippen molar-refractivity contribution in [2.45, 2.75) is 64.5 Å². The molecule has 0 amide bonds. The predicted molar refractivity (Wildman–Crippen MR) is 107 cm³/mol. The topological polar surface area (TPSA) is 87.4 Å². The van der Waals surface area contributed by atoms with Gasteiger partial charge in [-0.05, 0) is 31.7 Å². The van der Waals surface area contributed by atoms with E-state index < -0.39 is 11.2 Å². The SMILES string of the molecule is CCC(=N[C@@H](C)c1ccccc1)c1c(O)n(C2CCCCC2)c(=O)[nH]c1=O. The lowest BCUT2D eigenvalue weighted by molar-refractivity contribution is 0.298. The molecule has 1 heterocycles. The molecule has 1 fully saturated rings. The second-order valence-corrected chi connectivity index (χ2v) is 7.14. The summed E-state index contributed by atoms with van der Waals surface area (Å²) in [5, 5.41) is 10.8. The van der Waals surface area contributed by atoms with Crippen molar-refractivity contribution in [1.29, 1.82) is 0 Å². The van der Waals surface area contributed by atoms with Crippen LogP contribution < -0.4 is 11.2 Å². The van der Waals surface area contributed by atoms with Crippen molar-refractivity contribution < 1.29 is 5.11 Å². The summed E-state index contributed by atoms with van der Waals surface area (Å²) in [6.07, 6.45) is 5.32. The van der Waals surface area contributed by atoms with Gasteiger partial charge in [-0.1, -0.05) is 56.5 Å². The number of aliphatic imine (C=N–C) groups is 1. The summed E-state index contributed by atoms with van der Waals surface area (Å²) in [6, 6.07) is 9.56. The Morgan fingerprint density at radius 1 is 1.22 bits per heavy atom. The number of aromatic nitrogens is 2. The minimum Gasteiger partial charge on any atom is -0.494 e. The maximum absolute atomic E-state index is 12.5. The Balaban J connectivity index is 2.07. The highest BCUT2D eigenvalue weighted by Crippen LogP contribution is 2.30. The van der Waals surface area contributed by atoms with E-state index >= 15 is 0 Å². The fourth-order valence-electron chi connectivity index (χ4n) is 3.85. The standard InChI is InChI=1S/C21H27N3O3/c1-3-17(22-14(2)15-10-6-4-7-11-15)18-19(25)23-21(27)24(20(18)26)16-12-8-5-9-13-16/h4,6-7,10-11,14,16,26H,3,5,8-9,12-13H2,1-2H3,(H,23,25,27)/t14-/m0/s1. The van der Waals surface area contributed by atoms with E-state index in [0.29, 0.717) is 12.1 Å². The van der Waals surface area contributed by atoms with Gasteiger partial charge in [-0.15, -0.1) is 0 Å². The van der Waals surface area contributed by atoms with Gasteiger partial charge in [-0.3, -0.25) is 19.3 Å². The summed E-state index contributed by atoms with van der Waals surface area (Å²) in [4.78, 5) is 32.0. The third-order valence-electron chi connectivity index (χ3n) is 5.31. The van der Waals surface area contributed by atoms with Crippen LogP contribution in [0.3, 0.4) is 0 Å². The largest absolute Gasteiger partial charge is 0.494 e. The molecule has 0 aliphatic heterocycles. The first-order chi connectivity index (χ1) is 13.0. The fraction of sp³-hybridized carbons (Fsp3) is 0.476. The first-order valence-electron chi connectivity index (χ1n) is 9.72. The number of nitrogens with zero attached hydrogens (tertiary/aromatic N) is 2. The van der Waals surface area contributed by atoms with Crippen molar-refractivity contribution in [2.75, 3.05) is 0 Å². The predicted octanol–water partition coefficient (Wildman–Crippen LogP) is 3.71. The van der Waals surface area contributed by atoms with Gasteiger partial charge in [-0.25, -0.2) is 4.79 Å². The van der Waals surface area contributed by atoms with E-state index in [2.05, 4.69) is 4.98 Å². The minimum absolute atomic E-state index is 0.0773. The van der Waals surface area contributed by atoms with E-state index in [-0.39, 0.29) is 23.5 Å². The van der Waals surface area contributed by atoms with Crippen molar-refractivity contribution >= 4 is 5.71 Å². The number of rotatable bonds is 5. The normalized spacial score (nSPS) is 17.0. The van der Waals surface area contributed by atoms with Gasteiger partial charge in [0.25, 0.3) is 5.56 Å². The van der Waals surface area contributed by atoms with Crippen LogP contribution in [-0.4, -0.2) is 20.4 Å². The summed E-state index contributed by atoms with van der Waals surface area (Å²) in [6.45, 7) is 3.85. The van der Waals surface area contributed by atoms with E-state index in [1.54, 1.807) is 0 Å². The van der Waals surface area contributed by atoms with Crippen LogP contribution in [0.1, 0.15) is 75.6 Å². The van der Waals surface area contributed by atoms with Crippen molar-refractivity contribution in [1.82, 2.24) is 9.55 Å². The molecule has 1 aliphatic rings. The molecule has 1 aromatic heterocycles. The molecular formula is C21H27N3O3. The monoisotopic (exact) mass is 369 g/mol. The van der Waals surface area contributed by atoms with E-state index in [1.807, 2.05) is 44.2 Å². The smallest absolute Gasteiger partial charge is 0.331 e. The van der Waals surface area contributed by atoms with Gasteiger partial charge in [0.2, 0.25) is 5.88 Å². The maximum atomic E-state index is 12.5. The van der Waals surface area contributed by atoms with E-state index in [0.717, 1.165) is 37.7 Å².